The largest absolute Gasteiger partial charge is 0.388 e. The third-order valence-corrected chi connectivity index (χ3v) is 9.51. The summed E-state index contributed by atoms with van der Waals surface area (Å²) in [5, 5.41) is 11.3. The number of nitrogens with one attached hydrogen (secondary N) is 1. The highest BCUT2D eigenvalue weighted by molar-refractivity contribution is 7.92. The number of benzene rings is 2. The van der Waals surface area contributed by atoms with Gasteiger partial charge in [0.25, 0.3) is 0 Å². The van der Waals surface area contributed by atoms with Crippen LogP contribution in [-0.4, -0.2) is 49.4 Å². The number of likely N-dealkylation sites (tertiary alicyclic amines) is 1. The zero-order valence-corrected chi connectivity index (χ0v) is 19.9. The van der Waals surface area contributed by atoms with Gasteiger partial charge >= 0.3 is 0 Å². The van der Waals surface area contributed by atoms with Gasteiger partial charge in [-0.2, -0.15) is 0 Å². The lowest BCUT2D eigenvalue weighted by atomic mass is 9.87. The number of hydrogen-bond donors (Lipinski definition) is 2. The SMILES string of the molecule is CCCS(=O)(=O)Nc1cccc(C2(CC)[C@@H]3CN(CC4(O)Cc5ccccc5C4)C[C@@H]32)c1. The normalized spacial score (nSPS) is 28.3. The number of rotatable bonds is 8. The van der Waals surface area contributed by atoms with E-state index in [1.165, 1.54) is 16.7 Å². The molecule has 3 atom stereocenters. The third kappa shape index (κ3) is 3.76. The van der Waals surface area contributed by atoms with Crippen LogP contribution in [0.5, 0.6) is 0 Å². The minimum atomic E-state index is -3.29. The monoisotopic (exact) mass is 454 g/mol. The first-order valence-corrected chi connectivity index (χ1v) is 13.6. The van der Waals surface area contributed by atoms with Crippen LogP contribution in [0.25, 0.3) is 0 Å². The van der Waals surface area contributed by atoms with Crippen molar-refractivity contribution in [2.75, 3.05) is 30.1 Å². The Labute approximate surface area is 191 Å². The van der Waals surface area contributed by atoms with Crippen molar-refractivity contribution in [2.24, 2.45) is 11.8 Å². The Morgan fingerprint density at radius 1 is 1.03 bits per heavy atom. The van der Waals surface area contributed by atoms with Crippen LogP contribution in [0.2, 0.25) is 0 Å². The Morgan fingerprint density at radius 2 is 1.69 bits per heavy atom. The predicted octanol–water partition coefficient (Wildman–Crippen LogP) is 3.58. The fourth-order valence-corrected chi connectivity index (χ4v) is 7.80. The van der Waals surface area contributed by atoms with Gasteiger partial charge in [0.15, 0.2) is 0 Å². The van der Waals surface area contributed by atoms with E-state index in [0.717, 1.165) is 38.9 Å². The quantitative estimate of drug-likeness (QED) is 0.640. The second kappa shape index (κ2) is 7.86. The number of aliphatic hydroxyl groups is 1. The Morgan fingerprint density at radius 3 is 2.28 bits per heavy atom. The second-order valence-electron chi connectivity index (χ2n) is 10.1. The lowest BCUT2D eigenvalue weighted by molar-refractivity contribution is 0.0139. The Kier molecular flexibility index (Phi) is 5.38. The molecule has 6 heteroatoms. The van der Waals surface area contributed by atoms with Gasteiger partial charge in [0.2, 0.25) is 10.0 Å². The number of sulfonamides is 1. The molecule has 172 valence electrons. The van der Waals surface area contributed by atoms with Crippen LogP contribution in [0.3, 0.4) is 0 Å². The molecule has 3 aliphatic rings. The Hall–Kier alpha value is -1.89. The molecule has 2 aromatic rings. The Bertz CT molecular complexity index is 1080. The van der Waals surface area contributed by atoms with Crippen LogP contribution in [0, 0.1) is 11.8 Å². The molecule has 2 fully saturated rings. The number of β-amino-alcohol motifs (C(OH)–C–C–N with tert-alkyl or cyclic N) is 1. The van der Waals surface area contributed by atoms with E-state index in [2.05, 4.69) is 46.9 Å². The lowest BCUT2D eigenvalue weighted by Gasteiger charge is -2.32. The van der Waals surface area contributed by atoms with E-state index in [1.807, 2.05) is 25.1 Å². The van der Waals surface area contributed by atoms with Gasteiger partial charge in [-0.05, 0) is 53.5 Å². The van der Waals surface area contributed by atoms with Crippen molar-refractivity contribution in [3.05, 3.63) is 65.2 Å². The number of hydrogen-bond acceptors (Lipinski definition) is 4. The first-order chi connectivity index (χ1) is 15.3. The molecule has 1 aliphatic heterocycles. The summed E-state index contributed by atoms with van der Waals surface area (Å²) < 4.78 is 27.2. The number of piperidine rings is 1. The molecule has 1 unspecified atom stereocenters. The molecule has 1 saturated heterocycles. The van der Waals surface area contributed by atoms with E-state index in [4.69, 9.17) is 0 Å². The smallest absolute Gasteiger partial charge is 0.232 e. The van der Waals surface area contributed by atoms with E-state index in [0.29, 0.717) is 23.9 Å². The summed E-state index contributed by atoms with van der Waals surface area (Å²) in [7, 11) is -3.29. The van der Waals surface area contributed by atoms with Crippen LogP contribution >= 0.6 is 0 Å². The second-order valence-corrected chi connectivity index (χ2v) is 12.0. The number of fused-ring (bicyclic) bond motifs is 2. The summed E-state index contributed by atoms with van der Waals surface area (Å²) in [4.78, 5) is 2.45. The summed E-state index contributed by atoms with van der Waals surface area (Å²) in [6, 6.07) is 16.4. The van der Waals surface area contributed by atoms with Crippen molar-refractivity contribution in [1.82, 2.24) is 4.90 Å². The summed E-state index contributed by atoms with van der Waals surface area (Å²) in [6.45, 7) is 6.86. The zero-order chi connectivity index (χ0) is 22.6. The van der Waals surface area contributed by atoms with Gasteiger partial charge in [0, 0.05) is 43.6 Å². The first kappa shape index (κ1) is 21.9. The number of anilines is 1. The molecule has 2 aliphatic carbocycles. The molecular formula is C26H34N2O3S. The molecule has 0 radical (unpaired) electrons. The molecule has 1 heterocycles. The first-order valence-electron chi connectivity index (χ1n) is 11.9. The van der Waals surface area contributed by atoms with Crippen molar-refractivity contribution in [2.45, 2.75) is 50.5 Å². The molecule has 0 amide bonds. The highest BCUT2D eigenvalue weighted by atomic mass is 32.2. The molecule has 2 aromatic carbocycles. The van der Waals surface area contributed by atoms with Gasteiger partial charge in [0.05, 0.1) is 11.4 Å². The highest BCUT2D eigenvalue weighted by Crippen LogP contribution is 2.65. The predicted molar refractivity (Wildman–Crippen MR) is 128 cm³/mol. The van der Waals surface area contributed by atoms with E-state index < -0.39 is 15.6 Å². The van der Waals surface area contributed by atoms with E-state index in [1.54, 1.807) is 0 Å². The van der Waals surface area contributed by atoms with Crippen molar-refractivity contribution in [3.63, 3.8) is 0 Å². The van der Waals surface area contributed by atoms with Crippen molar-refractivity contribution in [3.8, 4) is 0 Å². The fraction of sp³-hybridized carbons (Fsp3) is 0.538. The average Bonchev–Trinajstić information content (AvgIpc) is 2.99. The third-order valence-electron chi connectivity index (χ3n) is 8.02. The summed E-state index contributed by atoms with van der Waals surface area (Å²) >= 11 is 0. The van der Waals surface area contributed by atoms with Crippen molar-refractivity contribution >= 4 is 15.7 Å². The van der Waals surface area contributed by atoms with Gasteiger partial charge in [0.1, 0.15) is 0 Å². The van der Waals surface area contributed by atoms with Crippen LogP contribution in [0.1, 0.15) is 43.4 Å². The maximum absolute atomic E-state index is 12.2. The molecule has 1 saturated carbocycles. The molecule has 0 aromatic heterocycles. The zero-order valence-electron chi connectivity index (χ0n) is 19.0. The summed E-state index contributed by atoms with van der Waals surface area (Å²) in [6.07, 6.45) is 3.14. The van der Waals surface area contributed by atoms with Gasteiger partial charge in [-0.1, -0.05) is 50.2 Å². The number of nitrogens with zero attached hydrogens (tertiary/aromatic N) is 1. The van der Waals surface area contributed by atoms with Gasteiger partial charge in [-0.15, -0.1) is 0 Å². The molecular weight excluding hydrogens is 420 g/mol. The van der Waals surface area contributed by atoms with Crippen molar-refractivity contribution < 1.29 is 13.5 Å². The minimum Gasteiger partial charge on any atom is -0.388 e. The topological polar surface area (TPSA) is 69.6 Å². The molecule has 2 N–H and O–H groups in total. The summed E-state index contributed by atoms with van der Waals surface area (Å²) in [5.41, 5.74) is 3.95. The van der Waals surface area contributed by atoms with Crippen LogP contribution < -0.4 is 4.72 Å². The maximum Gasteiger partial charge on any atom is 0.232 e. The maximum atomic E-state index is 12.2. The van der Waals surface area contributed by atoms with E-state index in [9.17, 15) is 13.5 Å². The molecule has 0 spiro atoms. The molecule has 32 heavy (non-hydrogen) atoms. The molecule has 5 nitrogen and oxygen atoms in total. The highest BCUT2D eigenvalue weighted by Gasteiger charge is 2.67. The lowest BCUT2D eigenvalue weighted by Crippen LogP contribution is -2.45. The van der Waals surface area contributed by atoms with Gasteiger partial charge < -0.3 is 5.11 Å². The van der Waals surface area contributed by atoms with Gasteiger partial charge in [-0.25, -0.2) is 8.42 Å². The van der Waals surface area contributed by atoms with Crippen LogP contribution in [0.4, 0.5) is 5.69 Å². The Balaban J connectivity index is 1.26. The van der Waals surface area contributed by atoms with Crippen molar-refractivity contribution in [1.29, 1.82) is 0 Å². The van der Waals surface area contributed by atoms with E-state index in [-0.39, 0.29) is 11.2 Å². The summed E-state index contributed by atoms with van der Waals surface area (Å²) in [5.74, 6) is 1.29. The minimum absolute atomic E-state index is 0.129. The van der Waals surface area contributed by atoms with Crippen LogP contribution in [0.15, 0.2) is 48.5 Å². The van der Waals surface area contributed by atoms with E-state index >= 15 is 0 Å². The fourth-order valence-electron chi connectivity index (χ4n) is 6.67. The molecule has 0 bridgehead atoms. The average molecular weight is 455 g/mol. The van der Waals surface area contributed by atoms with Crippen LogP contribution in [-0.2, 0) is 28.3 Å². The molecule has 5 rings (SSSR count). The van der Waals surface area contributed by atoms with Gasteiger partial charge in [-0.3, -0.25) is 9.62 Å². The standard InChI is InChI=1S/C26H34N2O3S/c1-3-12-32(30,31)27-22-11-7-10-21(13-22)26(4-2)23-16-28(17-24(23)26)18-25(29)14-19-8-5-6-9-20(19)15-25/h5-11,13,23-24,27,29H,3-4,12,14-18H2,1-2H3/t23-,24+,26?.